The van der Waals surface area contributed by atoms with Crippen molar-refractivity contribution in [3.8, 4) is 5.69 Å². The van der Waals surface area contributed by atoms with E-state index in [-0.39, 0.29) is 40.1 Å². The van der Waals surface area contributed by atoms with E-state index in [1.807, 2.05) is 19.9 Å². The summed E-state index contributed by atoms with van der Waals surface area (Å²) in [5.74, 6) is -0.412. The number of aromatic nitrogens is 3. The molecule has 2 aliphatic carbocycles. The third-order valence-electron chi connectivity index (χ3n) is 7.35. The summed E-state index contributed by atoms with van der Waals surface area (Å²) in [4.78, 5) is 41.2. The molecule has 0 spiro atoms. The van der Waals surface area contributed by atoms with E-state index in [0.717, 1.165) is 5.56 Å². The van der Waals surface area contributed by atoms with Crippen molar-refractivity contribution >= 4 is 56.2 Å². The summed E-state index contributed by atoms with van der Waals surface area (Å²) in [5, 5.41) is 16.1. The Morgan fingerprint density at radius 2 is 1.69 bits per heavy atom. The maximum atomic E-state index is 14.8. The number of anilines is 3. The monoisotopic (exact) mass is 685 g/mol. The van der Waals surface area contributed by atoms with Gasteiger partial charge in [0.05, 0.1) is 29.0 Å². The molecule has 220 valence electrons. The maximum absolute atomic E-state index is 14.8. The molecule has 0 bridgehead atoms. The molecule has 0 aliphatic heterocycles. The summed E-state index contributed by atoms with van der Waals surface area (Å²) in [6, 6.07) is 11.4. The molecule has 2 aliphatic rings. The van der Waals surface area contributed by atoms with Gasteiger partial charge in [0.1, 0.15) is 17.0 Å². The van der Waals surface area contributed by atoms with Crippen LogP contribution in [0, 0.1) is 19.7 Å². The van der Waals surface area contributed by atoms with Crippen molar-refractivity contribution < 1.29 is 9.50 Å². The number of fused-ring (bicyclic) bond motifs is 1. The summed E-state index contributed by atoms with van der Waals surface area (Å²) in [7, 11) is 1.52. The zero-order valence-electron chi connectivity index (χ0n) is 24.2. The van der Waals surface area contributed by atoms with E-state index >= 15 is 0 Å². The van der Waals surface area contributed by atoms with Crippen molar-refractivity contribution in [1.29, 1.82) is 0 Å². The molecule has 9 nitrogen and oxygen atoms in total. The van der Waals surface area contributed by atoms with Crippen LogP contribution in [0.15, 0.2) is 56.8 Å². The van der Waals surface area contributed by atoms with Crippen molar-refractivity contribution in [2.45, 2.75) is 65.1 Å². The fourth-order valence-electron chi connectivity index (χ4n) is 4.99. The van der Waals surface area contributed by atoms with Gasteiger partial charge in [-0.3, -0.25) is 23.3 Å². The Balaban J connectivity index is 0.000000972. The lowest BCUT2D eigenvalue weighted by Gasteiger charge is -2.21. The van der Waals surface area contributed by atoms with Gasteiger partial charge in [-0.05, 0) is 69.0 Å². The summed E-state index contributed by atoms with van der Waals surface area (Å²) in [6.07, 6.45) is 1.61. The molecule has 2 unspecified atom stereocenters. The second kappa shape index (κ2) is 12.9. The predicted molar refractivity (Wildman–Crippen MR) is 176 cm³/mol. The summed E-state index contributed by atoms with van der Waals surface area (Å²) in [5.41, 5.74) is 5.42. The molecule has 2 heterocycles. The molecule has 6 rings (SSSR count). The quantitative estimate of drug-likeness (QED) is 0.200. The molecule has 0 saturated heterocycles. The fraction of sp³-hybridized carbons (Fsp3) is 0.367. The first-order valence-electron chi connectivity index (χ1n) is 13.9. The fourth-order valence-corrected chi connectivity index (χ4v) is 4.99. The van der Waals surface area contributed by atoms with Crippen LogP contribution in [-0.2, 0) is 7.05 Å². The topological polar surface area (TPSA) is 110 Å². The first-order chi connectivity index (χ1) is 20.2. The highest BCUT2D eigenvalue weighted by atomic mass is 127. The van der Waals surface area contributed by atoms with Gasteiger partial charge in [-0.1, -0.05) is 26.0 Å². The van der Waals surface area contributed by atoms with E-state index in [1.54, 1.807) is 66.6 Å². The zero-order chi connectivity index (χ0) is 30.9. The molecule has 3 N–H and O–H groups in total. The highest BCUT2D eigenvalue weighted by Gasteiger charge is 2.35. The molecule has 2 fully saturated rings. The Labute approximate surface area is 257 Å². The SMILES string of the molecule is CC.Cc1ccc(Nc2c3c(=O)n(C4CC4)c(=O)n(-c4cccc(NC5CC5O)c4)c3c(C)c(=O)n2C)c(F)c1.[B]I. The lowest BCUT2D eigenvalue weighted by molar-refractivity contribution is 0.274. The van der Waals surface area contributed by atoms with Crippen LogP contribution in [0.3, 0.4) is 0 Å². The molecular formula is C30H34BFIN5O4. The molecule has 2 atom stereocenters. The standard InChI is InChI=1S/C28H28FN5O4.C2H6.BI/c1-14-7-10-20(19(29)11-14)31-25-23-24(15(2)26(36)32(25)3)33(28(38)34(27(23)37)17-8-9-17)18-6-4-5-16(12-18)30-21-13-22(21)35;2*1-2/h4-7,10-12,17,21-22,30-31,35H,8-9,13H2,1-3H3;1-2H3;. The van der Waals surface area contributed by atoms with Crippen LogP contribution in [0.1, 0.15) is 50.3 Å². The van der Waals surface area contributed by atoms with E-state index in [1.165, 1.54) is 26.8 Å². The summed E-state index contributed by atoms with van der Waals surface area (Å²) in [6.45, 7) is 7.35. The molecule has 4 aromatic rings. The Kier molecular flexibility index (Phi) is 9.66. The highest BCUT2D eigenvalue weighted by molar-refractivity contribution is 14.1. The number of aliphatic hydroxyl groups is 1. The van der Waals surface area contributed by atoms with Gasteiger partial charge in [0.2, 0.25) is 0 Å². The smallest absolute Gasteiger partial charge is 0.336 e. The van der Waals surface area contributed by atoms with E-state index in [0.29, 0.717) is 30.6 Å². The molecule has 42 heavy (non-hydrogen) atoms. The number of rotatable bonds is 6. The Hall–Kier alpha value is -3.39. The van der Waals surface area contributed by atoms with Crippen LogP contribution in [0.5, 0.6) is 0 Å². The van der Waals surface area contributed by atoms with Crippen LogP contribution >= 0.6 is 22.4 Å². The van der Waals surface area contributed by atoms with Crippen LogP contribution in [0.4, 0.5) is 21.6 Å². The Morgan fingerprint density at radius 1 is 1.02 bits per heavy atom. The minimum atomic E-state index is -0.530. The van der Waals surface area contributed by atoms with Crippen LogP contribution in [0.25, 0.3) is 16.6 Å². The molecule has 2 aromatic heterocycles. The molecular weight excluding hydrogens is 651 g/mol. The Bertz CT molecular complexity index is 1820. The van der Waals surface area contributed by atoms with E-state index in [9.17, 15) is 23.9 Å². The number of hydrogen-bond donors (Lipinski definition) is 3. The van der Waals surface area contributed by atoms with Crippen molar-refractivity contribution in [3.63, 3.8) is 0 Å². The second-order valence-electron chi connectivity index (χ2n) is 10.3. The van der Waals surface area contributed by atoms with E-state index in [2.05, 4.69) is 16.3 Å². The number of nitrogens with zero attached hydrogens (tertiary/aromatic N) is 3. The van der Waals surface area contributed by atoms with E-state index < -0.39 is 28.7 Å². The normalized spacial score (nSPS) is 17.0. The van der Waals surface area contributed by atoms with Gasteiger partial charge in [0, 0.05) is 24.3 Å². The van der Waals surface area contributed by atoms with Gasteiger partial charge in [0.25, 0.3) is 11.1 Å². The number of benzene rings is 2. The van der Waals surface area contributed by atoms with Crippen molar-refractivity contribution in [1.82, 2.24) is 13.7 Å². The third kappa shape index (κ3) is 5.91. The number of nitrogens with one attached hydrogen (secondary N) is 2. The van der Waals surface area contributed by atoms with Gasteiger partial charge >= 0.3 is 5.69 Å². The average Bonchev–Trinajstić information content (AvgIpc) is 3.92. The largest absolute Gasteiger partial charge is 0.391 e. The lowest BCUT2D eigenvalue weighted by atomic mass is 10.1. The second-order valence-corrected chi connectivity index (χ2v) is 10.3. The van der Waals surface area contributed by atoms with Gasteiger partial charge in [-0.2, -0.15) is 22.4 Å². The van der Waals surface area contributed by atoms with Crippen LogP contribution in [0.2, 0.25) is 0 Å². The number of aliphatic hydroxyl groups excluding tert-OH is 1. The molecule has 0 amide bonds. The molecule has 2 aromatic carbocycles. The summed E-state index contributed by atoms with van der Waals surface area (Å²) >= 11 is 1.65. The number of hydrogen-bond acceptors (Lipinski definition) is 6. The lowest BCUT2D eigenvalue weighted by Crippen LogP contribution is -2.41. The van der Waals surface area contributed by atoms with Gasteiger partial charge < -0.3 is 15.7 Å². The number of aryl methyl sites for hydroxylation is 2. The van der Waals surface area contributed by atoms with Crippen molar-refractivity contribution in [3.05, 3.63) is 90.6 Å². The third-order valence-corrected chi connectivity index (χ3v) is 7.35. The molecule has 12 heteroatoms. The van der Waals surface area contributed by atoms with Gasteiger partial charge in [-0.25, -0.2) is 9.18 Å². The molecule has 2 radical (unpaired) electrons. The number of pyridine rings is 1. The van der Waals surface area contributed by atoms with Gasteiger partial charge in [0.15, 0.2) is 5.70 Å². The van der Waals surface area contributed by atoms with Crippen LogP contribution < -0.4 is 27.4 Å². The minimum Gasteiger partial charge on any atom is -0.391 e. The van der Waals surface area contributed by atoms with Crippen molar-refractivity contribution in [2.24, 2.45) is 7.05 Å². The first kappa shape index (κ1) is 31.5. The molecule has 2 saturated carbocycles. The first-order valence-corrected chi connectivity index (χ1v) is 15.1. The van der Waals surface area contributed by atoms with E-state index in [4.69, 9.17) is 0 Å². The summed E-state index contributed by atoms with van der Waals surface area (Å²) < 4.78 is 18.8. The Morgan fingerprint density at radius 3 is 2.29 bits per heavy atom. The average molecular weight is 685 g/mol. The predicted octanol–water partition coefficient (Wildman–Crippen LogP) is 4.76. The number of halogens is 2. The zero-order valence-corrected chi connectivity index (χ0v) is 26.4. The minimum absolute atomic E-state index is 0.0617. The van der Waals surface area contributed by atoms with Crippen LogP contribution in [-0.4, -0.2) is 36.7 Å². The maximum Gasteiger partial charge on any atom is 0.336 e. The van der Waals surface area contributed by atoms with Gasteiger partial charge in [-0.15, -0.1) is 0 Å². The highest BCUT2D eigenvalue weighted by Crippen LogP contribution is 2.34. The van der Waals surface area contributed by atoms with Crippen molar-refractivity contribution in [2.75, 3.05) is 10.6 Å².